The Morgan fingerprint density at radius 1 is 1.50 bits per heavy atom. The molecule has 2 aromatic rings. The van der Waals surface area contributed by atoms with Crippen molar-refractivity contribution in [1.29, 1.82) is 0 Å². The van der Waals surface area contributed by atoms with Gasteiger partial charge in [0.05, 0.1) is 6.04 Å². The van der Waals surface area contributed by atoms with Gasteiger partial charge in [-0.15, -0.1) is 0 Å². The lowest BCUT2D eigenvalue weighted by atomic mass is 10.3. The molecule has 8 nitrogen and oxygen atoms in total. The molecule has 2 heterocycles. The van der Waals surface area contributed by atoms with E-state index in [1.807, 2.05) is 19.0 Å². The molecule has 0 aliphatic rings. The average molecular weight is 250 g/mol. The van der Waals surface area contributed by atoms with Gasteiger partial charge in [-0.2, -0.15) is 10.1 Å². The maximum absolute atomic E-state index is 10.9. The summed E-state index contributed by atoms with van der Waals surface area (Å²) in [4.78, 5) is 17.0. The Bertz CT molecular complexity index is 555. The number of H-pyrrole nitrogens is 1. The first-order valence-corrected chi connectivity index (χ1v) is 5.36. The molecule has 0 fully saturated rings. The molecule has 0 saturated carbocycles. The number of aromatic amines is 1. The molecular weight excluding hydrogens is 236 g/mol. The molecule has 18 heavy (non-hydrogen) atoms. The van der Waals surface area contributed by atoms with Crippen molar-refractivity contribution in [2.24, 2.45) is 5.73 Å². The number of nitrogens with two attached hydrogens (primary N) is 1. The largest absolute Gasteiger partial charge is 0.332 e. The van der Waals surface area contributed by atoms with E-state index in [9.17, 15) is 4.79 Å². The van der Waals surface area contributed by atoms with Gasteiger partial charge in [-0.3, -0.25) is 4.79 Å². The van der Waals surface area contributed by atoms with Gasteiger partial charge in [0, 0.05) is 12.6 Å². The number of nitrogens with one attached hydrogen (secondary N) is 1. The summed E-state index contributed by atoms with van der Waals surface area (Å²) in [5, 5.41) is 9.89. The Balaban J connectivity index is 2.20. The highest BCUT2D eigenvalue weighted by Gasteiger charge is 2.16. The first-order chi connectivity index (χ1) is 8.56. The molecule has 0 radical (unpaired) electrons. The predicted molar refractivity (Wildman–Crippen MR) is 63.6 cm³/mol. The van der Waals surface area contributed by atoms with Crippen LogP contribution in [0.5, 0.6) is 0 Å². The SMILES string of the molecule is CN(C)CC(N)c1noc(-c2ccc(=O)[nH]n2)n1. The molecule has 0 amide bonds. The van der Waals surface area contributed by atoms with Gasteiger partial charge in [0.15, 0.2) is 5.82 Å². The number of rotatable bonds is 4. The van der Waals surface area contributed by atoms with Gasteiger partial charge in [-0.05, 0) is 20.2 Å². The van der Waals surface area contributed by atoms with Crippen molar-refractivity contribution >= 4 is 0 Å². The molecule has 0 spiro atoms. The van der Waals surface area contributed by atoms with E-state index in [1.165, 1.54) is 12.1 Å². The van der Waals surface area contributed by atoms with E-state index in [1.54, 1.807) is 0 Å². The van der Waals surface area contributed by atoms with E-state index in [0.29, 0.717) is 18.1 Å². The van der Waals surface area contributed by atoms with Crippen LogP contribution >= 0.6 is 0 Å². The van der Waals surface area contributed by atoms with Crippen LogP contribution in [0.3, 0.4) is 0 Å². The summed E-state index contributed by atoms with van der Waals surface area (Å²) in [6.07, 6.45) is 0. The van der Waals surface area contributed by atoms with Crippen molar-refractivity contribution < 1.29 is 4.52 Å². The molecular formula is C10H14N6O2. The Morgan fingerprint density at radius 2 is 2.28 bits per heavy atom. The third kappa shape index (κ3) is 2.79. The maximum atomic E-state index is 10.9. The normalized spacial score (nSPS) is 12.9. The molecule has 2 rings (SSSR count). The van der Waals surface area contributed by atoms with Crippen molar-refractivity contribution in [1.82, 2.24) is 25.2 Å². The van der Waals surface area contributed by atoms with Crippen LogP contribution in [0.4, 0.5) is 0 Å². The average Bonchev–Trinajstić information content (AvgIpc) is 2.78. The van der Waals surface area contributed by atoms with Crippen LogP contribution in [0, 0.1) is 0 Å². The number of hydrogen-bond donors (Lipinski definition) is 2. The minimum atomic E-state index is -0.333. The standard InChI is InChI=1S/C10H14N6O2/c1-16(2)5-6(11)9-12-10(18-15-9)7-3-4-8(17)14-13-7/h3-4,6H,5,11H2,1-2H3,(H,14,17). The maximum Gasteiger partial charge on any atom is 0.278 e. The zero-order valence-electron chi connectivity index (χ0n) is 10.1. The van der Waals surface area contributed by atoms with Gasteiger partial charge in [0.1, 0.15) is 5.69 Å². The van der Waals surface area contributed by atoms with E-state index in [0.717, 1.165) is 0 Å². The first kappa shape index (κ1) is 12.4. The van der Waals surface area contributed by atoms with E-state index in [-0.39, 0.29) is 17.5 Å². The fourth-order valence-electron chi connectivity index (χ4n) is 1.43. The highest BCUT2D eigenvalue weighted by Crippen LogP contribution is 2.15. The minimum Gasteiger partial charge on any atom is -0.332 e. The summed E-state index contributed by atoms with van der Waals surface area (Å²) >= 11 is 0. The van der Waals surface area contributed by atoms with Crippen LogP contribution in [0.2, 0.25) is 0 Å². The Morgan fingerprint density at radius 3 is 2.89 bits per heavy atom. The third-order valence-corrected chi connectivity index (χ3v) is 2.23. The number of likely N-dealkylation sites (N-methyl/N-ethyl adjacent to an activating group) is 1. The molecule has 2 aromatic heterocycles. The molecule has 1 atom stereocenters. The minimum absolute atomic E-state index is 0.232. The van der Waals surface area contributed by atoms with Gasteiger partial charge < -0.3 is 15.2 Å². The van der Waals surface area contributed by atoms with Crippen molar-refractivity contribution in [3.8, 4) is 11.6 Å². The summed E-state index contributed by atoms with van der Waals surface area (Å²) in [6, 6.07) is 2.51. The fraction of sp³-hybridized carbons (Fsp3) is 0.400. The molecule has 0 aromatic carbocycles. The molecule has 0 saturated heterocycles. The number of nitrogens with zero attached hydrogens (tertiary/aromatic N) is 4. The van der Waals surface area contributed by atoms with Gasteiger partial charge in [0.25, 0.3) is 11.4 Å². The van der Waals surface area contributed by atoms with Gasteiger partial charge in [-0.25, -0.2) is 5.10 Å². The second-order valence-corrected chi connectivity index (χ2v) is 4.13. The molecule has 0 bridgehead atoms. The monoisotopic (exact) mass is 250 g/mol. The number of hydrogen-bond acceptors (Lipinski definition) is 7. The van der Waals surface area contributed by atoms with Gasteiger partial charge >= 0.3 is 0 Å². The predicted octanol–water partition coefficient (Wildman–Crippen LogP) is -0.619. The quantitative estimate of drug-likeness (QED) is 0.743. The van der Waals surface area contributed by atoms with Crippen LogP contribution < -0.4 is 11.3 Å². The number of aromatic nitrogens is 4. The second-order valence-electron chi connectivity index (χ2n) is 4.13. The van der Waals surface area contributed by atoms with Crippen molar-refractivity contribution in [2.75, 3.05) is 20.6 Å². The van der Waals surface area contributed by atoms with Crippen LogP contribution in [0.25, 0.3) is 11.6 Å². The molecule has 0 aliphatic carbocycles. The highest BCUT2D eigenvalue weighted by molar-refractivity contribution is 5.44. The van der Waals surface area contributed by atoms with Gasteiger partial charge in [0.2, 0.25) is 0 Å². The Labute approximate surface area is 103 Å². The van der Waals surface area contributed by atoms with Crippen LogP contribution in [0.1, 0.15) is 11.9 Å². The summed E-state index contributed by atoms with van der Waals surface area (Å²) in [7, 11) is 3.81. The second kappa shape index (κ2) is 5.07. The van der Waals surface area contributed by atoms with Crippen LogP contribution in [0.15, 0.2) is 21.5 Å². The van der Waals surface area contributed by atoms with E-state index in [4.69, 9.17) is 10.3 Å². The summed E-state index contributed by atoms with van der Waals surface area (Å²) in [5.74, 6) is 0.641. The molecule has 0 aliphatic heterocycles. The molecule has 96 valence electrons. The van der Waals surface area contributed by atoms with E-state index >= 15 is 0 Å². The Hall–Kier alpha value is -2.06. The van der Waals surface area contributed by atoms with E-state index < -0.39 is 0 Å². The first-order valence-electron chi connectivity index (χ1n) is 5.36. The Kier molecular flexibility index (Phi) is 3.49. The zero-order valence-corrected chi connectivity index (χ0v) is 10.1. The van der Waals surface area contributed by atoms with Crippen LogP contribution in [-0.4, -0.2) is 45.9 Å². The van der Waals surface area contributed by atoms with Crippen molar-refractivity contribution in [2.45, 2.75) is 6.04 Å². The zero-order chi connectivity index (χ0) is 13.1. The summed E-state index contributed by atoms with van der Waals surface area (Å²) in [5.41, 5.74) is 6.03. The lowest BCUT2D eigenvalue weighted by Gasteiger charge is -2.12. The van der Waals surface area contributed by atoms with Gasteiger partial charge in [-0.1, -0.05) is 5.16 Å². The highest BCUT2D eigenvalue weighted by atomic mass is 16.5. The lowest BCUT2D eigenvalue weighted by Crippen LogP contribution is -2.26. The molecule has 8 heteroatoms. The van der Waals surface area contributed by atoms with Crippen molar-refractivity contribution in [3.63, 3.8) is 0 Å². The summed E-state index contributed by atoms with van der Waals surface area (Å²) in [6.45, 7) is 0.609. The third-order valence-electron chi connectivity index (χ3n) is 2.23. The molecule has 3 N–H and O–H groups in total. The summed E-state index contributed by atoms with van der Waals surface area (Å²) < 4.78 is 5.05. The molecule has 1 unspecified atom stereocenters. The van der Waals surface area contributed by atoms with E-state index in [2.05, 4.69) is 20.3 Å². The van der Waals surface area contributed by atoms with Crippen LogP contribution in [-0.2, 0) is 0 Å². The topological polar surface area (TPSA) is 114 Å². The smallest absolute Gasteiger partial charge is 0.278 e. The lowest BCUT2D eigenvalue weighted by molar-refractivity contribution is 0.357. The van der Waals surface area contributed by atoms with Crippen molar-refractivity contribution in [3.05, 3.63) is 28.3 Å². The fourth-order valence-corrected chi connectivity index (χ4v) is 1.43.